The van der Waals surface area contributed by atoms with Crippen molar-refractivity contribution in [3.63, 3.8) is 0 Å². The molecule has 0 saturated heterocycles. The minimum atomic E-state index is 0.411. The summed E-state index contributed by atoms with van der Waals surface area (Å²) >= 11 is 0. The summed E-state index contributed by atoms with van der Waals surface area (Å²) in [5.41, 5.74) is 11.3. The van der Waals surface area contributed by atoms with Crippen LogP contribution in [-0.2, 0) is 0 Å². The largest absolute Gasteiger partial charge is 0.261 e. The van der Waals surface area contributed by atoms with Gasteiger partial charge in [-0.25, -0.2) is 0 Å². The minimum absolute atomic E-state index is 0.411. The Morgan fingerprint density at radius 3 is 2.12 bits per heavy atom. The van der Waals surface area contributed by atoms with E-state index < -0.39 is 0 Å². The highest BCUT2D eigenvalue weighted by molar-refractivity contribution is 6.02. The fourth-order valence-electron chi connectivity index (χ4n) is 4.81. The van der Waals surface area contributed by atoms with Gasteiger partial charge in [0.05, 0.1) is 0 Å². The van der Waals surface area contributed by atoms with Crippen LogP contribution in [-0.4, -0.2) is 5.71 Å². The Balaban J connectivity index is 0.00000204. The third kappa shape index (κ3) is 13.2. The van der Waals surface area contributed by atoms with Crippen molar-refractivity contribution < 1.29 is 0 Å². The molecule has 1 aliphatic carbocycles. The van der Waals surface area contributed by atoms with E-state index in [1.54, 1.807) is 0 Å². The summed E-state index contributed by atoms with van der Waals surface area (Å²) in [5, 5.41) is 0. The normalized spacial score (nSPS) is 14.5. The van der Waals surface area contributed by atoms with E-state index in [1.165, 1.54) is 44.7 Å². The molecule has 1 unspecified atom stereocenters. The zero-order chi connectivity index (χ0) is 32.6. The lowest BCUT2D eigenvalue weighted by Crippen LogP contribution is -2.09. The number of aryl methyl sites for hydroxylation is 1. The van der Waals surface area contributed by atoms with Crippen LogP contribution in [0.1, 0.15) is 130 Å². The van der Waals surface area contributed by atoms with Crippen LogP contribution >= 0.6 is 0 Å². The van der Waals surface area contributed by atoms with E-state index in [4.69, 9.17) is 4.99 Å². The summed E-state index contributed by atoms with van der Waals surface area (Å²) in [7, 11) is 0. The van der Waals surface area contributed by atoms with Gasteiger partial charge in [-0.1, -0.05) is 153 Å². The first-order valence-electron chi connectivity index (χ1n) is 16.8. The van der Waals surface area contributed by atoms with Crippen molar-refractivity contribution in [1.82, 2.24) is 0 Å². The summed E-state index contributed by atoms with van der Waals surface area (Å²) in [6.07, 6.45) is 21.1. The van der Waals surface area contributed by atoms with Crippen molar-refractivity contribution in [3.05, 3.63) is 137 Å². The van der Waals surface area contributed by atoms with Crippen LogP contribution in [0.2, 0.25) is 0 Å². The fraction of sp³-hybridized carbons (Fsp3) is 0.405. The SMILES string of the molecule is C=C(/C=C(\C=C/CC(C)c1ccccc1C1=NC=C(C)CC1)C1=CCCC=C1)c1ccccc1C.CC.CC.CC.CC. The molecule has 2 aliphatic rings. The zero-order valence-corrected chi connectivity index (χ0v) is 29.4. The van der Waals surface area contributed by atoms with E-state index in [1.807, 2.05) is 61.6 Å². The van der Waals surface area contributed by atoms with Crippen molar-refractivity contribution >= 4 is 11.3 Å². The molecule has 0 amide bonds. The topological polar surface area (TPSA) is 12.4 Å². The van der Waals surface area contributed by atoms with E-state index in [0.29, 0.717) is 5.92 Å². The Hall–Kier alpha value is -3.45. The number of rotatable bonds is 8. The van der Waals surface area contributed by atoms with Crippen LogP contribution < -0.4 is 0 Å². The van der Waals surface area contributed by atoms with Gasteiger partial charge < -0.3 is 0 Å². The zero-order valence-electron chi connectivity index (χ0n) is 29.4. The van der Waals surface area contributed by atoms with Gasteiger partial charge in [0.15, 0.2) is 0 Å². The molecule has 0 saturated carbocycles. The van der Waals surface area contributed by atoms with Crippen LogP contribution in [0.25, 0.3) is 5.57 Å². The second kappa shape index (κ2) is 24.0. The van der Waals surface area contributed by atoms with Crippen molar-refractivity contribution in [1.29, 1.82) is 0 Å². The van der Waals surface area contributed by atoms with Crippen molar-refractivity contribution in [2.45, 2.75) is 114 Å². The van der Waals surface area contributed by atoms with Gasteiger partial charge in [-0.15, -0.1) is 0 Å². The summed E-state index contributed by atoms with van der Waals surface area (Å²) in [4.78, 5) is 4.76. The molecule has 1 heteroatoms. The Morgan fingerprint density at radius 2 is 1.51 bits per heavy atom. The van der Waals surface area contributed by atoms with E-state index >= 15 is 0 Å². The Labute approximate surface area is 266 Å². The van der Waals surface area contributed by atoms with E-state index in [-0.39, 0.29) is 0 Å². The molecule has 1 nitrogen and oxygen atoms in total. The summed E-state index contributed by atoms with van der Waals surface area (Å²) < 4.78 is 0. The molecule has 2 aromatic rings. The van der Waals surface area contributed by atoms with Crippen molar-refractivity contribution in [3.8, 4) is 0 Å². The number of benzene rings is 2. The molecule has 0 aromatic heterocycles. The maximum absolute atomic E-state index is 4.76. The predicted octanol–water partition coefficient (Wildman–Crippen LogP) is 13.6. The van der Waals surface area contributed by atoms with Gasteiger partial charge in [0.2, 0.25) is 0 Å². The molecule has 1 aliphatic heterocycles. The molecule has 4 rings (SSSR count). The highest BCUT2D eigenvalue weighted by atomic mass is 14.7. The Kier molecular flexibility index (Phi) is 22.1. The number of nitrogens with zero attached hydrogens (tertiary/aromatic N) is 1. The average Bonchev–Trinajstić information content (AvgIpc) is 3.09. The lowest BCUT2D eigenvalue weighted by Gasteiger charge is -2.18. The molecule has 0 fully saturated rings. The number of hydrogen-bond donors (Lipinski definition) is 0. The molecule has 0 spiro atoms. The maximum Gasteiger partial charge on any atom is 0.0481 e. The molecule has 234 valence electrons. The first-order chi connectivity index (χ1) is 21.0. The van der Waals surface area contributed by atoms with Crippen LogP contribution in [0.15, 0.2) is 119 Å². The van der Waals surface area contributed by atoms with Crippen molar-refractivity contribution in [2.24, 2.45) is 4.99 Å². The second-order valence-corrected chi connectivity index (χ2v) is 9.76. The third-order valence-electron chi connectivity index (χ3n) is 6.94. The molecule has 1 heterocycles. The lowest BCUT2D eigenvalue weighted by atomic mass is 9.88. The summed E-state index contributed by atoms with van der Waals surface area (Å²) in [6.45, 7) is 27.0. The van der Waals surface area contributed by atoms with Gasteiger partial charge in [-0.05, 0) is 96.9 Å². The highest BCUT2D eigenvalue weighted by Gasteiger charge is 2.15. The maximum atomic E-state index is 4.76. The number of aliphatic imine (C=N–C) groups is 1. The van der Waals surface area contributed by atoms with Crippen LogP contribution in [0.5, 0.6) is 0 Å². The van der Waals surface area contributed by atoms with E-state index in [2.05, 4.69) is 112 Å². The fourth-order valence-corrected chi connectivity index (χ4v) is 4.81. The molecule has 1 atom stereocenters. The first-order valence-corrected chi connectivity index (χ1v) is 16.8. The summed E-state index contributed by atoms with van der Waals surface area (Å²) in [5.74, 6) is 0.411. The van der Waals surface area contributed by atoms with Gasteiger partial charge >= 0.3 is 0 Å². The number of allylic oxidation sites excluding steroid dienone is 10. The van der Waals surface area contributed by atoms with Gasteiger partial charge in [-0.3, -0.25) is 4.99 Å². The smallest absolute Gasteiger partial charge is 0.0481 e. The van der Waals surface area contributed by atoms with E-state index in [0.717, 1.165) is 37.7 Å². The third-order valence-corrected chi connectivity index (χ3v) is 6.94. The molecular formula is C42H61N. The van der Waals surface area contributed by atoms with Gasteiger partial charge in [-0.2, -0.15) is 0 Å². The highest BCUT2D eigenvalue weighted by Crippen LogP contribution is 2.29. The Morgan fingerprint density at radius 1 is 0.860 bits per heavy atom. The summed E-state index contributed by atoms with van der Waals surface area (Å²) in [6, 6.07) is 17.3. The molecule has 43 heavy (non-hydrogen) atoms. The second-order valence-electron chi connectivity index (χ2n) is 9.76. The molecule has 2 aromatic carbocycles. The Bertz CT molecular complexity index is 1260. The van der Waals surface area contributed by atoms with Crippen LogP contribution in [0.3, 0.4) is 0 Å². The quantitative estimate of drug-likeness (QED) is 0.276. The average molecular weight is 580 g/mol. The molecule has 0 N–H and O–H groups in total. The van der Waals surface area contributed by atoms with Gasteiger partial charge in [0.1, 0.15) is 0 Å². The van der Waals surface area contributed by atoms with Crippen molar-refractivity contribution in [2.75, 3.05) is 0 Å². The molecule has 0 bridgehead atoms. The monoisotopic (exact) mass is 579 g/mol. The lowest BCUT2D eigenvalue weighted by molar-refractivity contribution is 0.777. The molecule has 0 radical (unpaired) electrons. The predicted molar refractivity (Wildman–Crippen MR) is 198 cm³/mol. The number of hydrogen-bond acceptors (Lipinski definition) is 1. The van der Waals surface area contributed by atoms with Gasteiger partial charge in [0, 0.05) is 11.9 Å². The van der Waals surface area contributed by atoms with Crippen LogP contribution in [0, 0.1) is 6.92 Å². The van der Waals surface area contributed by atoms with E-state index in [9.17, 15) is 0 Å². The molecular weight excluding hydrogens is 518 g/mol. The first kappa shape index (κ1) is 39.6. The van der Waals surface area contributed by atoms with Crippen LogP contribution in [0.4, 0.5) is 0 Å². The minimum Gasteiger partial charge on any atom is -0.261 e. The van der Waals surface area contributed by atoms with Gasteiger partial charge in [0.25, 0.3) is 0 Å². The standard InChI is InChI=1S/C34H37N.4C2H6/c1-25-21-22-34(35-24-25)33-20-11-10-19-32(33)27(3)14-12-17-30(29-15-6-5-7-16-29)23-28(4)31-18-9-8-13-26(31)2;4*1-2/h6,8-13,15-20,23-24,27H,4-5,7,14,21-22H2,1-3H3;4*1-2H3/b17-12-,30-23+;;;;.